The first kappa shape index (κ1) is 27.6. The average Bonchev–Trinajstić information content (AvgIpc) is 2.69. The molecule has 33 heavy (non-hydrogen) atoms. The lowest BCUT2D eigenvalue weighted by Gasteiger charge is -2.19. The second-order valence-corrected chi connectivity index (χ2v) is 8.17. The molecule has 10 heteroatoms. The Morgan fingerprint density at radius 3 is 1.97 bits per heavy atom. The summed E-state index contributed by atoms with van der Waals surface area (Å²) in [6.07, 6.45) is 0.0753. The molecule has 0 bridgehead atoms. The minimum absolute atomic E-state index is 0.0753. The van der Waals surface area contributed by atoms with E-state index in [1.807, 2.05) is 9.97 Å². The summed E-state index contributed by atoms with van der Waals surface area (Å²) in [4.78, 5) is 52.7. The lowest BCUT2D eigenvalue weighted by atomic mass is 10.1. The Hall–Kier alpha value is -3.40. The molecule has 10 nitrogen and oxygen atoms in total. The number of benzene rings is 1. The van der Waals surface area contributed by atoms with Crippen molar-refractivity contribution >= 4 is 17.6 Å². The first-order chi connectivity index (χ1) is 15.4. The minimum Gasteiger partial charge on any atom is -0.494 e. The molecule has 182 valence electrons. The predicted octanol–water partition coefficient (Wildman–Crippen LogP) is 2.25. The van der Waals surface area contributed by atoms with Crippen molar-refractivity contribution in [3.8, 4) is 5.88 Å². The minimum atomic E-state index is -1.01. The van der Waals surface area contributed by atoms with Crippen LogP contribution in [0.4, 0.5) is 5.69 Å². The number of hydrogen-bond acceptors (Lipinski definition) is 7. The number of hydrogen-bond donors (Lipinski definition) is 4. The molecule has 2 rings (SSSR count). The highest BCUT2D eigenvalue weighted by Gasteiger charge is 2.18. The molecular formula is C23H34N4O6. The van der Waals surface area contributed by atoms with E-state index in [0.29, 0.717) is 11.3 Å². The fourth-order valence-electron chi connectivity index (χ4n) is 2.80. The van der Waals surface area contributed by atoms with E-state index in [4.69, 9.17) is 4.74 Å². The molecule has 0 aliphatic carbocycles. The summed E-state index contributed by atoms with van der Waals surface area (Å²) in [5.74, 6) is -2.09. The van der Waals surface area contributed by atoms with Crippen molar-refractivity contribution in [1.82, 2.24) is 14.9 Å². The molecule has 1 heterocycles. The molecule has 0 radical (unpaired) electrons. The van der Waals surface area contributed by atoms with Crippen molar-refractivity contribution in [2.45, 2.75) is 53.6 Å². The number of aromatic amines is 2. The molecular weight excluding hydrogens is 428 g/mol. The highest BCUT2D eigenvalue weighted by molar-refractivity contribution is 6.05. The van der Waals surface area contributed by atoms with Gasteiger partial charge in [-0.1, -0.05) is 32.9 Å². The molecule has 1 aromatic carbocycles. The first-order valence-corrected chi connectivity index (χ1v) is 10.8. The van der Waals surface area contributed by atoms with Crippen LogP contribution in [0, 0.1) is 0 Å². The Labute approximate surface area is 193 Å². The van der Waals surface area contributed by atoms with Gasteiger partial charge in [-0.15, -0.1) is 0 Å². The number of nitrogens with one attached hydrogen (secondary N) is 3. The number of carbonyl (C=O) groups is 2. The molecule has 0 fully saturated rings. The van der Waals surface area contributed by atoms with Crippen LogP contribution < -0.4 is 16.6 Å². The Balaban J connectivity index is 0.000000675. The van der Waals surface area contributed by atoms with Gasteiger partial charge in [0.05, 0.1) is 6.42 Å². The zero-order chi connectivity index (χ0) is 25.2. The number of esters is 1. The monoisotopic (exact) mass is 462 g/mol. The van der Waals surface area contributed by atoms with Crippen LogP contribution in [0.1, 0.15) is 57.5 Å². The third kappa shape index (κ3) is 9.73. The summed E-state index contributed by atoms with van der Waals surface area (Å²) in [5, 5.41) is 12.0. The predicted molar refractivity (Wildman–Crippen MR) is 127 cm³/mol. The van der Waals surface area contributed by atoms with Gasteiger partial charge in [0.2, 0.25) is 5.88 Å². The highest BCUT2D eigenvalue weighted by Crippen LogP contribution is 2.15. The number of carbonyl (C=O) groups excluding carboxylic acids is 2. The quantitative estimate of drug-likeness (QED) is 0.462. The van der Waals surface area contributed by atoms with E-state index in [0.717, 1.165) is 0 Å². The van der Waals surface area contributed by atoms with Gasteiger partial charge >= 0.3 is 11.7 Å². The molecule has 1 aromatic heterocycles. The maximum atomic E-state index is 12.1. The molecule has 0 saturated heterocycles. The second kappa shape index (κ2) is 12.6. The normalized spacial score (nSPS) is 10.9. The standard InChI is InChI=1S/C17H19N3O6.C6H15N/c1-17(2,3)26-11(21)8-9-4-6-10(7-5-9)18-13(22)12-14(23)19-16(25)20-15(12)24;1-4-7(5-2)6-3/h4-7H,8H2,1-3H3,(H,18,22)(H3,19,20,23,24,25);4-6H2,1-3H3. The van der Waals surface area contributed by atoms with Crippen molar-refractivity contribution in [2.75, 3.05) is 25.0 Å². The molecule has 2 aromatic rings. The van der Waals surface area contributed by atoms with E-state index >= 15 is 0 Å². The van der Waals surface area contributed by atoms with Crippen molar-refractivity contribution in [1.29, 1.82) is 0 Å². The van der Waals surface area contributed by atoms with Crippen LogP contribution >= 0.6 is 0 Å². The van der Waals surface area contributed by atoms with Crippen LogP contribution in [-0.2, 0) is 16.0 Å². The summed E-state index contributed by atoms with van der Waals surface area (Å²) in [6, 6.07) is 6.32. The summed E-state index contributed by atoms with van der Waals surface area (Å²) < 4.78 is 5.23. The Kier molecular flexibility index (Phi) is 10.5. The van der Waals surface area contributed by atoms with Crippen LogP contribution in [0.25, 0.3) is 0 Å². The maximum absolute atomic E-state index is 12.1. The first-order valence-electron chi connectivity index (χ1n) is 10.8. The maximum Gasteiger partial charge on any atom is 0.328 e. The van der Waals surface area contributed by atoms with E-state index in [9.17, 15) is 24.3 Å². The van der Waals surface area contributed by atoms with Crippen molar-refractivity contribution in [2.24, 2.45) is 0 Å². The van der Waals surface area contributed by atoms with Gasteiger partial charge < -0.3 is 20.1 Å². The summed E-state index contributed by atoms with van der Waals surface area (Å²) in [7, 11) is 0. The number of aromatic nitrogens is 2. The zero-order valence-corrected chi connectivity index (χ0v) is 20.1. The second-order valence-electron chi connectivity index (χ2n) is 8.17. The van der Waals surface area contributed by atoms with Gasteiger partial charge in [-0.05, 0) is 58.1 Å². The van der Waals surface area contributed by atoms with Gasteiger partial charge in [-0.25, -0.2) is 4.79 Å². The van der Waals surface area contributed by atoms with Gasteiger partial charge in [-0.3, -0.25) is 24.4 Å². The van der Waals surface area contributed by atoms with E-state index in [-0.39, 0.29) is 12.4 Å². The van der Waals surface area contributed by atoms with E-state index in [1.54, 1.807) is 32.9 Å². The third-order valence-corrected chi connectivity index (χ3v) is 4.47. The molecule has 0 aliphatic rings. The Morgan fingerprint density at radius 1 is 1.00 bits per heavy atom. The van der Waals surface area contributed by atoms with E-state index in [1.165, 1.54) is 31.8 Å². The largest absolute Gasteiger partial charge is 0.494 e. The van der Waals surface area contributed by atoms with Crippen LogP contribution in [0.5, 0.6) is 5.88 Å². The van der Waals surface area contributed by atoms with E-state index in [2.05, 4.69) is 31.0 Å². The summed E-state index contributed by atoms with van der Waals surface area (Å²) in [5.41, 5.74) is -2.09. The van der Waals surface area contributed by atoms with Crippen molar-refractivity contribution < 1.29 is 19.4 Å². The number of rotatable bonds is 7. The molecule has 1 amide bonds. The van der Waals surface area contributed by atoms with Crippen molar-refractivity contribution in [3.05, 3.63) is 56.2 Å². The Bertz CT molecular complexity index is 1030. The lowest BCUT2D eigenvalue weighted by Crippen LogP contribution is -2.30. The molecule has 0 atom stereocenters. The summed E-state index contributed by atoms with van der Waals surface area (Å²) >= 11 is 0. The smallest absolute Gasteiger partial charge is 0.328 e. The number of ether oxygens (including phenoxy) is 1. The van der Waals surface area contributed by atoms with Crippen LogP contribution in [0.2, 0.25) is 0 Å². The molecule has 0 unspecified atom stereocenters. The van der Waals surface area contributed by atoms with Gasteiger partial charge in [0, 0.05) is 5.69 Å². The van der Waals surface area contributed by atoms with Gasteiger partial charge in [0.15, 0.2) is 5.56 Å². The van der Waals surface area contributed by atoms with Crippen LogP contribution in [-0.4, -0.2) is 57.1 Å². The molecule has 0 aliphatic heterocycles. The molecule has 4 N–H and O–H groups in total. The van der Waals surface area contributed by atoms with Crippen LogP contribution in [0.15, 0.2) is 33.9 Å². The number of aromatic hydroxyl groups is 1. The fourth-order valence-corrected chi connectivity index (χ4v) is 2.80. The zero-order valence-electron chi connectivity index (χ0n) is 20.1. The fraction of sp³-hybridized carbons (Fsp3) is 0.478. The molecule has 0 spiro atoms. The number of H-pyrrole nitrogens is 2. The van der Waals surface area contributed by atoms with Gasteiger partial charge in [-0.2, -0.15) is 0 Å². The highest BCUT2D eigenvalue weighted by atomic mass is 16.6. The summed E-state index contributed by atoms with van der Waals surface area (Å²) in [6.45, 7) is 15.5. The van der Waals surface area contributed by atoms with Gasteiger partial charge in [0.25, 0.3) is 11.5 Å². The van der Waals surface area contributed by atoms with E-state index < -0.39 is 34.2 Å². The molecule has 0 saturated carbocycles. The topological polar surface area (TPSA) is 145 Å². The third-order valence-electron chi connectivity index (χ3n) is 4.47. The van der Waals surface area contributed by atoms with Gasteiger partial charge in [0.1, 0.15) is 5.60 Å². The SMILES string of the molecule is CC(C)(C)OC(=O)Cc1ccc(NC(=O)c2c(O)[nH]c(=O)[nH]c2=O)cc1.CCN(CC)CC. The average molecular weight is 463 g/mol. The lowest BCUT2D eigenvalue weighted by molar-refractivity contribution is -0.153. The van der Waals surface area contributed by atoms with Crippen molar-refractivity contribution in [3.63, 3.8) is 0 Å². The number of anilines is 1. The number of amides is 1. The Morgan fingerprint density at radius 2 is 1.55 bits per heavy atom. The van der Waals surface area contributed by atoms with Crippen LogP contribution in [0.3, 0.4) is 0 Å². The number of nitrogens with zero attached hydrogens (tertiary/aromatic N) is 1.